The molecule has 0 bridgehead atoms. The van der Waals surface area contributed by atoms with E-state index in [-0.39, 0.29) is 5.97 Å². The third-order valence-corrected chi connectivity index (χ3v) is 2.82. The van der Waals surface area contributed by atoms with Gasteiger partial charge in [0.15, 0.2) is 0 Å². The summed E-state index contributed by atoms with van der Waals surface area (Å²) in [6.07, 6.45) is 2.92. The van der Waals surface area contributed by atoms with Gasteiger partial charge in [-0.3, -0.25) is 0 Å². The van der Waals surface area contributed by atoms with Gasteiger partial charge in [0.05, 0.1) is 5.56 Å². The van der Waals surface area contributed by atoms with Gasteiger partial charge < -0.3 is 9.64 Å². The van der Waals surface area contributed by atoms with Gasteiger partial charge in [-0.2, -0.15) is 0 Å². The Balaban J connectivity index is 2.57. The Morgan fingerprint density at radius 3 is 2.39 bits per heavy atom. The lowest BCUT2D eigenvalue weighted by molar-refractivity contribution is 0.0549. The van der Waals surface area contributed by atoms with Gasteiger partial charge in [0.25, 0.3) is 0 Å². The highest BCUT2D eigenvalue weighted by Crippen LogP contribution is 2.13. The number of allylic oxidation sites excluding steroid dienone is 1. The summed E-state index contributed by atoms with van der Waals surface area (Å²) in [5.41, 5.74) is 2.88. The van der Waals surface area contributed by atoms with Crippen molar-refractivity contribution in [3.63, 3.8) is 0 Å². The van der Waals surface area contributed by atoms with Gasteiger partial charge in [-0.15, -0.1) is 0 Å². The Labute approximate surface area is 109 Å². The van der Waals surface area contributed by atoms with Crippen molar-refractivity contribution in [3.05, 3.63) is 41.5 Å². The van der Waals surface area contributed by atoms with Crippen LogP contribution in [0, 0.1) is 0 Å². The standard InChI is InChI=1S/C15H21NO2/c1-5-12(2)10-11-18-15(17)13-6-8-14(9-7-13)16(3)4/h6-10H,5,11H2,1-4H3/b12-10+. The normalized spacial score (nSPS) is 11.2. The highest BCUT2D eigenvalue weighted by Gasteiger charge is 2.06. The highest BCUT2D eigenvalue weighted by molar-refractivity contribution is 5.89. The maximum atomic E-state index is 11.7. The van der Waals surface area contributed by atoms with Crippen molar-refractivity contribution in [1.82, 2.24) is 0 Å². The van der Waals surface area contributed by atoms with E-state index >= 15 is 0 Å². The summed E-state index contributed by atoms with van der Waals surface area (Å²) >= 11 is 0. The molecule has 1 rings (SSSR count). The summed E-state index contributed by atoms with van der Waals surface area (Å²) in [6.45, 7) is 4.45. The minimum atomic E-state index is -0.277. The second kappa shape index (κ2) is 6.84. The number of anilines is 1. The molecule has 0 N–H and O–H groups in total. The fourth-order valence-electron chi connectivity index (χ4n) is 1.38. The molecule has 0 saturated heterocycles. The molecule has 0 amide bonds. The summed E-state index contributed by atoms with van der Waals surface area (Å²) in [4.78, 5) is 13.7. The molecule has 98 valence electrons. The molecule has 0 aliphatic heterocycles. The number of esters is 1. The number of benzene rings is 1. The Hall–Kier alpha value is -1.77. The minimum Gasteiger partial charge on any atom is -0.458 e. The zero-order valence-corrected chi connectivity index (χ0v) is 11.6. The first-order valence-corrected chi connectivity index (χ1v) is 6.14. The number of nitrogens with zero attached hydrogens (tertiary/aromatic N) is 1. The number of carbonyl (C=O) groups is 1. The predicted octanol–water partition coefficient (Wildman–Crippen LogP) is 3.27. The third-order valence-electron chi connectivity index (χ3n) is 2.82. The van der Waals surface area contributed by atoms with Gasteiger partial charge in [0, 0.05) is 19.8 Å². The van der Waals surface area contributed by atoms with E-state index in [1.807, 2.05) is 44.1 Å². The maximum absolute atomic E-state index is 11.7. The highest BCUT2D eigenvalue weighted by atomic mass is 16.5. The molecule has 18 heavy (non-hydrogen) atoms. The van der Waals surface area contributed by atoms with Gasteiger partial charge in [-0.25, -0.2) is 4.79 Å². The van der Waals surface area contributed by atoms with E-state index in [2.05, 4.69) is 6.92 Å². The fraction of sp³-hybridized carbons (Fsp3) is 0.400. The van der Waals surface area contributed by atoms with E-state index in [1.54, 1.807) is 12.1 Å². The first-order valence-electron chi connectivity index (χ1n) is 6.14. The molecule has 0 atom stereocenters. The number of carbonyl (C=O) groups excluding carboxylic acids is 1. The summed E-state index contributed by atoms with van der Waals surface area (Å²) in [5, 5.41) is 0. The molecule has 0 heterocycles. The molecule has 0 fully saturated rings. The van der Waals surface area contributed by atoms with Crippen LogP contribution in [0.25, 0.3) is 0 Å². The van der Waals surface area contributed by atoms with Crippen molar-refractivity contribution in [1.29, 1.82) is 0 Å². The molecule has 0 unspecified atom stereocenters. The van der Waals surface area contributed by atoms with Crippen molar-refractivity contribution in [2.75, 3.05) is 25.6 Å². The monoisotopic (exact) mass is 247 g/mol. The van der Waals surface area contributed by atoms with Crippen LogP contribution in [0.5, 0.6) is 0 Å². The average molecular weight is 247 g/mol. The second-order valence-corrected chi connectivity index (χ2v) is 4.44. The molecule has 0 radical (unpaired) electrons. The van der Waals surface area contributed by atoms with Crippen LogP contribution in [0.15, 0.2) is 35.9 Å². The SMILES string of the molecule is CC/C(C)=C/COC(=O)c1ccc(N(C)C)cc1. The minimum absolute atomic E-state index is 0.277. The van der Waals surface area contributed by atoms with Crippen LogP contribution in [-0.4, -0.2) is 26.7 Å². The quantitative estimate of drug-likeness (QED) is 0.591. The van der Waals surface area contributed by atoms with Crippen LogP contribution in [-0.2, 0) is 4.74 Å². The van der Waals surface area contributed by atoms with Crippen LogP contribution in [0.3, 0.4) is 0 Å². The molecular weight excluding hydrogens is 226 g/mol. The van der Waals surface area contributed by atoms with Gasteiger partial charge in [-0.05, 0) is 43.7 Å². The summed E-state index contributed by atoms with van der Waals surface area (Å²) in [7, 11) is 3.93. The van der Waals surface area contributed by atoms with Crippen LogP contribution >= 0.6 is 0 Å². The van der Waals surface area contributed by atoms with E-state index in [0.29, 0.717) is 12.2 Å². The lowest BCUT2D eigenvalue weighted by Gasteiger charge is -2.12. The van der Waals surface area contributed by atoms with Gasteiger partial charge in [-0.1, -0.05) is 12.5 Å². The Morgan fingerprint density at radius 1 is 1.28 bits per heavy atom. The van der Waals surface area contributed by atoms with Crippen molar-refractivity contribution in [2.45, 2.75) is 20.3 Å². The van der Waals surface area contributed by atoms with E-state index < -0.39 is 0 Å². The molecule has 3 heteroatoms. The Kier molecular flexibility index (Phi) is 5.43. The van der Waals surface area contributed by atoms with Crippen LogP contribution in [0.1, 0.15) is 30.6 Å². The predicted molar refractivity (Wildman–Crippen MR) is 75.1 cm³/mol. The largest absolute Gasteiger partial charge is 0.458 e. The summed E-state index contributed by atoms with van der Waals surface area (Å²) in [6, 6.07) is 7.38. The zero-order valence-electron chi connectivity index (χ0n) is 11.6. The zero-order chi connectivity index (χ0) is 13.5. The van der Waals surface area contributed by atoms with Crippen LogP contribution in [0.2, 0.25) is 0 Å². The first kappa shape index (κ1) is 14.3. The smallest absolute Gasteiger partial charge is 0.338 e. The van der Waals surface area contributed by atoms with Gasteiger partial charge in [0.2, 0.25) is 0 Å². The number of hydrogen-bond acceptors (Lipinski definition) is 3. The molecular formula is C15H21NO2. The maximum Gasteiger partial charge on any atom is 0.338 e. The summed E-state index contributed by atoms with van der Waals surface area (Å²) in [5.74, 6) is -0.277. The lowest BCUT2D eigenvalue weighted by Crippen LogP contribution is -2.09. The average Bonchev–Trinajstić information content (AvgIpc) is 2.38. The molecule has 0 aliphatic rings. The number of rotatable bonds is 5. The van der Waals surface area contributed by atoms with E-state index in [0.717, 1.165) is 12.1 Å². The summed E-state index contributed by atoms with van der Waals surface area (Å²) < 4.78 is 5.17. The van der Waals surface area contributed by atoms with E-state index in [4.69, 9.17) is 4.74 Å². The third kappa shape index (κ3) is 4.24. The first-order chi connectivity index (χ1) is 8.54. The molecule has 0 spiro atoms. The Morgan fingerprint density at radius 2 is 1.89 bits per heavy atom. The molecule has 0 aromatic heterocycles. The van der Waals surface area contributed by atoms with Crippen molar-refractivity contribution >= 4 is 11.7 Å². The molecule has 3 nitrogen and oxygen atoms in total. The number of hydrogen-bond donors (Lipinski definition) is 0. The van der Waals surface area contributed by atoms with Crippen molar-refractivity contribution in [2.24, 2.45) is 0 Å². The molecule has 0 saturated carbocycles. The van der Waals surface area contributed by atoms with Crippen molar-refractivity contribution in [3.8, 4) is 0 Å². The van der Waals surface area contributed by atoms with Crippen molar-refractivity contribution < 1.29 is 9.53 Å². The Bertz CT molecular complexity index is 419. The van der Waals surface area contributed by atoms with Crippen LogP contribution < -0.4 is 4.90 Å². The van der Waals surface area contributed by atoms with Crippen LogP contribution in [0.4, 0.5) is 5.69 Å². The molecule has 1 aromatic rings. The second-order valence-electron chi connectivity index (χ2n) is 4.44. The lowest BCUT2D eigenvalue weighted by atomic mass is 10.2. The molecule has 1 aromatic carbocycles. The van der Waals surface area contributed by atoms with Gasteiger partial charge >= 0.3 is 5.97 Å². The topological polar surface area (TPSA) is 29.5 Å². The molecule has 0 aliphatic carbocycles. The number of ether oxygens (including phenoxy) is 1. The fourth-order valence-corrected chi connectivity index (χ4v) is 1.38. The van der Waals surface area contributed by atoms with E-state index in [9.17, 15) is 4.79 Å². The van der Waals surface area contributed by atoms with E-state index in [1.165, 1.54) is 5.57 Å². The van der Waals surface area contributed by atoms with Gasteiger partial charge in [0.1, 0.15) is 6.61 Å².